The maximum atomic E-state index is 9.96. The Labute approximate surface area is 136 Å². The van der Waals surface area contributed by atoms with E-state index in [9.17, 15) is 5.11 Å². The molecule has 1 fully saturated rings. The van der Waals surface area contributed by atoms with Gasteiger partial charge in [0.15, 0.2) is 0 Å². The zero-order valence-electron chi connectivity index (χ0n) is 13.0. The SMILES string of the molecule is CSc1ccc(C[NH+]2CCN(c3ccccc3O)CC2)cc1. The Kier molecular flexibility index (Phi) is 4.90. The number of benzene rings is 2. The number of rotatable bonds is 4. The second-order valence-corrected chi connectivity index (χ2v) is 6.63. The van der Waals surface area contributed by atoms with Crippen LogP contribution in [0.25, 0.3) is 0 Å². The van der Waals surface area contributed by atoms with Gasteiger partial charge in [-0.1, -0.05) is 24.3 Å². The number of hydrogen-bond acceptors (Lipinski definition) is 3. The van der Waals surface area contributed by atoms with Crippen molar-refractivity contribution in [2.75, 3.05) is 37.3 Å². The minimum atomic E-state index is 0.388. The van der Waals surface area contributed by atoms with Crippen LogP contribution in [0.15, 0.2) is 53.4 Å². The first-order valence-electron chi connectivity index (χ1n) is 7.75. The quantitative estimate of drug-likeness (QED) is 0.846. The predicted molar refractivity (Wildman–Crippen MR) is 92.9 cm³/mol. The molecule has 2 aromatic rings. The Balaban J connectivity index is 1.56. The third-order valence-corrected chi connectivity index (χ3v) is 5.05. The van der Waals surface area contributed by atoms with Crippen LogP contribution in [-0.4, -0.2) is 37.5 Å². The van der Waals surface area contributed by atoms with Gasteiger partial charge in [-0.2, -0.15) is 0 Å². The van der Waals surface area contributed by atoms with Gasteiger partial charge in [-0.3, -0.25) is 0 Å². The molecule has 0 amide bonds. The van der Waals surface area contributed by atoms with Crippen LogP contribution in [0.2, 0.25) is 0 Å². The number of phenols is 1. The zero-order valence-corrected chi connectivity index (χ0v) is 13.8. The number of aromatic hydroxyl groups is 1. The van der Waals surface area contributed by atoms with Crippen LogP contribution in [0, 0.1) is 0 Å². The van der Waals surface area contributed by atoms with E-state index in [0.29, 0.717) is 5.75 Å². The lowest BCUT2D eigenvalue weighted by Gasteiger charge is -2.34. The first kappa shape index (κ1) is 15.3. The molecule has 0 unspecified atom stereocenters. The molecule has 0 bridgehead atoms. The summed E-state index contributed by atoms with van der Waals surface area (Å²) in [6, 6.07) is 16.5. The van der Waals surface area contributed by atoms with Gasteiger partial charge in [0.05, 0.1) is 31.9 Å². The zero-order chi connectivity index (χ0) is 15.4. The third-order valence-electron chi connectivity index (χ3n) is 4.31. The van der Waals surface area contributed by atoms with Gasteiger partial charge in [-0.15, -0.1) is 11.8 Å². The minimum Gasteiger partial charge on any atom is -0.506 e. The minimum absolute atomic E-state index is 0.388. The number of para-hydroxylation sites is 2. The van der Waals surface area contributed by atoms with Crippen LogP contribution in [0.5, 0.6) is 5.75 Å². The summed E-state index contributed by atoms with van der Waals surface area (Å²) in [4.78, 5) is 5.22. The Bertz CT molecular complexity index is 607. The fraction of sp³-hybridized carbons (Fsp3) is 0.333. The van der Waals surface area contributed by atoms with Crippen LogP contribution < -0.4 is 9.80 Å². The van der Waals surface area contributed by atoms with Gasteiger partial charge >= 0.3 is 0 Å². The highest BCUT2D eigenvalue weighted by atomic mass is 32.2. The molecular weight excluding hydrogens is 292 g/mol. The fourth-order valence-corrected chi connectivity index (χ4v) is 3.41. The van der Waals surface area contributed by atoms with Crippen molar-refractivity contribution < 1.29 is 10.0 Å². The van der Waals surface area contributed by atoms with Crippen LogP contribution in [0.1, 0.15) is 5.56 Å². The highest BCUT2D eigenvalue weighted by Gasteiger charge is 2.21. The maximum Gasteiger partial charge on any atom is 0.138 e. The topological polar surface area (TPSA) is 27.9 Å². The monoisotopic (exact) mass is 315 g/mol. The van der Waals surface area contributed by atoms with E-state index in [1.165, 1.54) is 10.5 Å². The van der Waals surface area contributed by atoms with Crippen LogP contribution in [-0.2, 0) is 6.54 Å². The normalized spacial score (nSPS) is 16.0. The standard InChI is InChI=1S/C18H22N2OS/c1-22-16-8-6-15(7-9-16)14-19-10-12-20(13-11-19)17-4-2-3-5-18(17)21/h2-9,21H,10-14H2,1H3/p+1. The molecule has 3 rings (SSSR count). The average molecular weight is 315 g/mol. The van der Waals surface area contributed by atoms with Crippen molar-refractivity contribution in [2.24, 2.45) is 0 Å². The van der Waals surface area contributed by atoms with E-state index in [1.807, 2.05) is 18.2 Å². The molecular formula is C18H23N2OS+. The smallest absolute Gasteiger partial charge is 0.138 e. The van der Waals surface area contributed by atoms with Crippen molar-refractivity contribution in [3.05, 3.63) is 54.1 Å². The van der Waals surface area contributed by atoms with Crippen molar-refractivity contribution in [1.82, 2.24) is 0 Å². The van der Waals surface area contributed by atoms with Crippen LogP contribution in [0.3, 0.4) is 0 Å². The summed E-state index contributed by atoms with van der Waals surface area (Å²) in [7, 11) is 0. The van der Waals surface area contributed by atoms with E-state index in [4.69, 9.17) is 0 Å². The Morgan fingerprint density at radius 1 is 1.05 bits per heavy atom. The second kappa shape index (κ2) is 7.07. The molecule has 0 aliphatic carbocycles. The van der Waals surface area contributed by atoms with E-state index in [1.54, 1.807) is 22.7 Å². The molecule has 1 saturated heterocycles. The summed E-state index contributed by atoms with van der Waals surface area (Å²) in [5.74, 6) is 0.388. The average Bonchev–Trinajstić information content (AvgIpc) is 2.57. The van der Waals surface area contributed by atoms with Gasteiger partial charge in [0.2, 0.25) is 0 Å². The lowest BCUT2D eigenvalue weighted by Crippen LogP contribution is -3.13. The van der Waals surface area contributed by atoms with Crippen LogP contribution >= 0.6 is 11.8 Å². The van der Waals surface area contributed by atoms with E-state index in [0.717, 1.165) is 38.4 Å². The number of piperazine rings is 1. The lowest BCUT2D eigenvalue weighted by atomic mass is 10.2. The molecule has 0 spiro atoms. The van der Waals surface area contributed by atoms with Gasteiger partial charge in [0, 0.05) is 10.5 Å². The van der Waals surface area contributed by atoms with Crippen molar-refractivity contribution in [3.63, 3.8) is 0 Å². The largest absolute Gasteiger partial charge is 0.506 e. The number of quaternary nitrogens is 1. The molecule has 1 heterocycles. The van der Waals surface area contributed by atoms with Gasteiger partial charge in [0.25, 0.3) is 0 Å². The summed E-state index contributed by atoms with van der Waals surface area (Å²) < 4.78 is 0. The summed E-state index contributed by atoms with van der Waals surface area (Å²) >= 11 is 1.79. The Morgan fingerprint density at radius 3 is 2.36 bits per heavy atom. The summed E-state index contributed by atoms with van der Waals surface area (Å²) in [5.41, 5.74) is 2.37. The molecule has 116 valence electrons. The molecule has 1 aliphatic heterocycles. The predicted octanol–water partition coefficient (Wildman–Crippen LogP) is 2.02. The highest BCUT2D eigenvalue weighted by molar-refractivity contribution is 7.98. The molecule has 3 nitrogen and oxygen atoms in total. The molecule has 0 saturated carbocycles. The third kappa shape index (κ3) is 3.57. The first-order valence-corrected chi connectivity index (χ1v) is 8.98. The number of thioether (sulfide) groups is 1. The van der Waals surface area contributed by atoms with E-state index < -0.39 is 0 Å². The van der Waals surface area contributed by atoms with Gasteiger partial charge in [-0.05, 0) is 30.5 Å². The maximum absolute atomic E-state index is 9.96. The van der Waals surface area contributed by atoms with E-state index in [-0.39, 0.29) is 0 Å². The van der Waals surface area contributed by atoms with Crippen molar-refractivity contribution in [3.8, 4) is 5.75 Å². The van der Waals surface area contributed by atoms with Crippen LogP contribution in [0.4, 0.5) is 5.69 Å². The summed E-state index contributed by atoms with van der Waals surface area (Å²) in [5, 5.41) is 9.96. The van der Waals surface area contributed by atoms with Gasteiger partial charge in [0.1, 0.15) is 12.3 Å². The van der Waals surface area contributed by atoms with Gasteiger partial charge < -0.3 is 14.9 Å². The molecule has 4 heteroatoms. The number of nitrogens with zero attached hydrogens (tertiary/aromatic N) is 1. The number of nitrogens with one attached hydrogen (secondary N) is 1. The molecule has 2 aromatic carbocycles. The Morgan fingerprint density at radius 2 is 1.73 bits per heavy atom. The number of anilines is 1. The molecule has 1 aliphatic rings. The van der Waals surface area contributed by atoms with Crippen molar-refractivity contribution in [2.45, 2.75) is 11.4 Å². The summed E-state index contributed by atoms with van der Waals surface area (Å²) in [6.45, 7) is 5.30. The van der Waals surface area contributed by atoms with Crippen molar-refractivity contribution in [1.29, 1.82) is 0 Å². The van der Waals surface area contributed by atoms with Crippen molar-refractivity contribution >= 4 is 17.4 Å². The number of hydrogen-bond donors (Lipinski definition) is 2. The first-order chi connectivity index (χ1) is 10.8. The molecule has 22 heavy (non-hydrogen) atoms. The molecule has 0 atom stereocenters. The van der Waals surface area contributed by atoms with Gasteiger partial charge in [-0.25, -0.2) is 0 Å². The number of phenolic OH excluding ortho intramolecular Hbond substituents is 1. The van der Waals surface area contributed by atoms with E-state index >= 15 is 0 Å². The Hall–Kier alpha value is -1.65. The fourth-order valence-electron chi connectivity index (χ4n) is 3.00. The summed E-state index contributed by atoms with van der Waals surface area (Å²) in [6.07, 6.45) is 2.11. The van der Waals surface area contributed by atoms with E-state index in [2.05, 4.69) is 35.4 Å². The molecule has 0 radical (unpaired) electrons. The second-order valence-electron chi connectivity index (χ2n) is 5.75. The lowest BCUT2D eigenvalue weighted by molar-refractivity contribution is -0.914. The molecule has 0 aromatic heterocycles. The highest BCUT2D eigenvalue weighted by Crippen LogP contribution is 2.26. The molecule has 2 N–H and O–H groups in total.